The van der Waals surface area contributed by atoms with Crippen molar-refractivity contribution >= 4 is 11.6 Å². The molecule has 0 aliphatic heterocycles. The lowest BCUT2D eigenvalue weighted by molar-refractivity contribution is -0.0798. The van der Waals surface area contributed by atoms with Crippen LogP contribution in [0.4, 0.5) is 13.2 Å². The zero-order chi connectivity index (χ0) is 20.5. The maximum atomic E-state index is 12.2. The van der Waals surface area contributed by atoms with E-state index >= 15 is 0 Å². The number of allylic oxidation sites excluding steroid dienone is 6. The smallest absolute Gasteiger partial charge is 0.167 e. The Bertz CT molecular complexity index is 512. The minimum Gasteiger partial charge on any atom is -0.167 e. The Kier molecular flexibility index (Phi) is 11.3. The van der Waals surface area contributed by atoms with E-state index in [-0.39, 0.29) is 22.6 Å². The minimum atomic E-state index is -4.37. The van der Waals surface area contributed by atoms with E-state index in [0.717, 1.165) is 30.4 Å². The van der Waals surface area contributed by atoms with Gasteiger partial charge in [0.05, 0.1) is 0 Å². The van der Waals surface area contributed by atoms with Crippen LogP contribution >= 0.6 is 11.6 Å². The SMILES string of the molecule is C=C(/C=C/C(F)(F)F)/C(Cl)=C\C(=C)C(C)CCC(C)C(C)CCC(C)C. The highest BCUT2D eigenvalue weighted by Gasteiger charge is 2.22. The van der Waals surface area contributed by atoms with Gasteiger partial charge in [0.2, 0.25) is 0 Å². The summed E-state index contributed by atoms with van der Waals surface area (Å²) >= 11 is 6.07. The molecule has 0 radical (unpaired) electrons. The Labute approximate surface area is 162 Å². The zero-order valence-electron chi connectivity index (χ0n) is 16.8. The molecule has 0 spiro atoms. The van der Waals surface area contributed by atoms with Crippen molar-refractivity contribution in [1.29, 1.82) is 0 Å². The topological polar surface area (TPSA) is 0 Å². The van der Waals surface area contributed by atoms with E-state index < -0.39 is 6.18 Å². The quantitative estimate of drug-likeness (QED) is 0.310. The summed E-state index contributed by atoms with van der Waals surface area (Å²) in [6, 6.07) is 0. The summed E-state index contributed by atoms with van der Waals surface area (Å²) in [7, 11) is 0. The first-order valence-corrected chi connectivity index (χ1v) is 9.72. The molecule has 0 aliphatic rings. The van der Waals surface area contributed by atoms with Gasteiger partial charge < -0.3 is 0 Å². The van der Waals surface area contributed by atoms with E-state index in [9.17, 15) is 13.2 Å². The summed E-state index contributed by atoms with van der Waals surface area (Å²) in [5.74, 6) is 2.27. The average Bonchev–Trinajstić information content (AvgIpc) is 2.53. The molecule has 0 amide bonds. The number of rotatable bonds is 11. The van der Waals surface area contributed by atoms with Crippen LogP contribution in [0.2, 0.25) is 0 Å². The predicted molar refractivity (Wildman–Crippen MR) is 108 cm³/mol. The molecular formula is C22H34ClF3. The third-order valence-corrected chi connectivity index (χ3v) is 5.30. The molecule has 0 nitrogen and oxygen atoms in total. The fraction of sp³-hybridized carbons (Fsp3) is 0.636. The Hall–Kier alpha value is -0.960. The molecule has 3 atom stereocenters. The molecule has 150 valence electrons. The van der Waals surface area contributed by atoms with Crippen molar-refractivity contribution < 1.29 is 13.2 Å². The van der Waals surface area contributed by atoms with Crippen LogP contribution in [0, 0.1) is 23.7 Å². The lowest BCUT2D eigenvalue weighted by Crippen LogP contribution is -2.11. The Morgan fingerprint density at radius 3 is 1.88 bits per heavy atom. The fourth-order valence-corrected chi connectivity index (χ4v) is 2.74. The van der Waals surface area contributed by atoms with Gasteiger partial charge in [0.25, 0.3) is 0 Å². The second-order valence-electron chi connectivity index (χ2n) is 7.87. The van der Waals surface area contributed by atoms with Crippen LogP contribution in [0.15, 0.2) is 47.6 Å². The van der Waals surface area contributed by atoms with Gasteiger partial charge in [-0.1, -0.05) is 77.8 Å². The molecule has 0 saturated carbocycles. The highest BCUT2D eigenvalue weighted by molar-refractivity contribution is 6.32. The van der Waals surface area contributed by atoms with E-state index in [2.05, 4.69) is 47.8 Å². The standard InChI is InChI=1S/C22H34ClF3/c1-15(2)8-9-16(3)17(4)10-11-18(5)20(7)14-21(23)19(6)12-13-22(24,25)26/h12-18H,6-11H2,1-5H3/b13-12+,21-14+. The lowest BCUT2D eigenvalue weighted by Gasteiger charge is -2.22. The summed E-state index contributed by atoms with van der Waals surface area (Å²) < 4.78 is 36.6. The molecule has 0 aromatic carbocycles. The summed E-state index contributed by atoms with van der Waals surface area (Å²) in [5, 5.41) is 0.195. The van der Waals surface area contributed by atoms with Crippen molar-refractivity contribution in [2.45, 2.75) is 66.5 Å². The van der Waals surface area contributed by atoms with E-state index in [4.69, 9.17) is 11.6 Å². The summed E-state index contributed by atoms with van der Waals surface area (Å²) in [6.07, 6.45) is 2.85. The van der Waals surface area contributed by atoms with Crippen LogP contribution in [-0.4, -0.2) is 6.18 Å². The normalized spacial score (nSPS) is 16.8. The molecule has 0 N–H and O–H groups in total. The largest absolute Gasteiger partial charge is 0.409 e. The van der Waals surface area contributed by atoms with Crippen LogP contribution in [-0.2, 0) is 0 Å². The zero-order valence-corrected chi connectivity index (χ0v) is 17.6. The lowest BCUT2D eigenvalue weighted by atomic mass is 9.83. The second kappa shape index (κ2) is 11.7. The van der Waals surface area contributed by atoms with Gasteiger partial charge in [-0.05, 0) is 54.2 Å². The van der Waals surface area contributed by atoms with Gasteiger partial charge in [-0.25, -0.2) is 0 Å². The molecule has 0 bridgehead atoms. The molecule has 0 aliphatic carbocycles. The molecule has 3 unspecified atom stereocenters. The average molecular weight is 391 g/mol. The maximum Gasteiger partial charge on any atom is 0.409 e. The molecule has 0 heterocycles. The van der Waals surface area contributed by atoms with Crippen LogP contribution in [0.1, 0.15) is 60.3 Å². The van der Waals surface area contributed by atoms with Gasteiger partial charge >= 0.3 is 6.18 Å². The number of hydrogen-bond donors (Lipinski definition) is 0. The first-order valence-electron chi connectivity index (χ1n) is 9.34. The van der Waals surface area contributed by atoms with Crippen molar-refractivity contribution in [3.8, 4) is 0 Å². The van der Waals surface area contributed by atoms with Crippen molar-refractivity contribution in [1.82, 2.24) is 0 Å². The number of halogens is 4. The summed E-state index contributed by atoms with van der Waals surface area (Å²) in [5.41, 5.74) is 0.951. The van der Waals surface area contributed by atoms with Gasteiger partial charge in [-0.3, -0.25) is 0 Å². The van der Waals surface area contributed by atoms with E-state index in [1.54, 1.807) is 6.08 Å². The summed E-state index contributed by atoms with van der Waals surface area (Å²) in [4.78, 5) is 0. The van der Waals surface area contributed by atoms with Crippen molar-refractivity contribution in [3.05, 3.63) is 47.6 Å². The predicted octanol–water partition coefficient (Wildman–Crippen LogP) is 8.46. The Balaban J connectivity index is 4.53. The Morgan fingerprint density at radius 2 is 1.42 bits per heavy atom. The molecule has 0 aromatic heterocycles. The molecule has 0 rings (SSSR count). The van der Waals surface area contributed by atoms with E-state index in [0.29, 0.717) is 11.8 Å². The molecule has 0 fully saturated rings. The Morgan fingerprint density at radius 1 is 0.923 bits per heavy atom. The van der Waals surface area contributed by atoms with Crippen LogP contribution < -0.4 is 0 Å². The van der Waals surface area contributed by atoms with Crippen LogP contribution in [0.5, 0.6) is 0 Å². The van der Waals surface area contributed by atoms with E-state index in [1.165, 1.54) is 12.8 Å². The molecule has 4 heteroatoms. The second-order valence-corrected chi connectivity index (χ2v) is 8.28. The van der Waals surface area contributed by atoms with Gasteiger partial charge in [0.15, 0.2) is 0 Å². The van der Waals surface area contributed by atoms with Crippen molar-refractivity contribution in [3.63, 3.8) is 0 Å². The van der Waals surface area contributed by atoms with E-state index in [1.807, 2.05) is 0 Å². The van der Waals surface area contributed by atoms with Gasteiger partial charge in [-0.2, -0.15) is 13.2 Å². The molecule has 26 heavy (non-hydrogen) atoms. The monoisotopic (exact) mass is 390 g/mol. The number of hydrogen-bond acceptors (Lipinski definition) is 0. The molecular weight excluding hydrogens is 357 g/mol. The highest BCUT2D eigenvalue weighted by Crippen LogP contribution is 2.28. The van der Waals surface area contributed by atoms with Gasteiger partial charge in [0, 0.05) is 11.1 Å². The first kappa shape index (κ1) is 25.0. The van der Waals surface area contributed by atoms with Crippen LogP contribution in [0.3, 0.4) is 0 Å². The van der Waals surface area contributed by atoms with Crippen molar-refractivity contribution in [2.75, 3.05) is 0 Å². The highest BCUT2D eigenvalue weighted by atomic mass is 35.5. The minimum absolute atomic E-state index is 0.132. The fourth-order valence-electron chi connectivity index (χ4n) is 2.54. The molecule has 0 aromatic rings. The molecule has 0 saturated heterocycles. The maximum absolute atomic E-state index is 12.2. The number of alkyl halides is 3. The van der Waals surface area contributed by atoms with Crippen LogP contribution in [0.25, 0.3) is 0 Å². The summed E-state index contributed by atoms with van der Waals surface area (Å²) in [6.45, 7) is 18.8. The third-order valence-electron chi connectivity index (χ3n) is 4.95. The van der Waals surface area contributed by atoms with Gasteiger partial charge in [-0.15, -0.1) is 0 Å². The van der Waals surface area contributed by atoms with Crippen molar-refractivity contribution in [2.24, 2.45) is 23.7 Å². The van der Waals surface area contributed by atoms with Gasteiger partial charge in [0.1, 0.15) is 0 Å². The third kappa shape index (κ3) is 11.6. The first-order chi connectivity index (χ1) is 11.8.